The molecule has 110 valence electrons. The van der Waals surface area contributed by atoms with Crippen LogP contribution in [-0.2, 0) is 7.05 Å². The van der Waals surface area contributed by atoms with Crippen molar-refractivity contribution in [2.45, 2.75) is 13.3 Å². The van der Waals surface area contributed by atoms with Gasteiger partial charge in [0.25, 0.3) is 5.56 Å². The van der Waals surface area contributed by atoms with Gasteiger partial charge in [0.2, 0.25) is 5.95 Å². The summed E-state index contributed by atoms with van der Waals surface area (Å²) in [5.41, 5.74) is 1.13. The molecule has 1 saturated heterocycles. The molecule has 6 heteroatoms. The topological polar surface area (TPSA) is 55.2 Å². The first-order valence-corrected chi connectivity index (χ1v) is 7.52. The maximum absolute atomic E-state index is 12.7. The molecule has 2 aromatic rings. The number of anilines is 1. The molecule has 0 bridgehead atoms. The van der Waals surface area contributed by atoms with Crippen molar-refractivity contribution >= 4 is 35.9 Å². The zero-order valence-electron chi connectivity index (χ0n) is 12.7. The molecule has 2 radical (unpaired) electrons. The Hall–Kier alpha value is -2.11. The molecule has 0 N–H and O–H groups in total. The van der Waals surface area contributed by atoms with Crippen molar-refractivity contribution in [1.29, 1.82) is 0 Å². The summed E-state index contributed by atoms with van der Waals surface area (Å²) in [6, 6.07) is 3.20. The van der Waals surface area contributed by atoms with Gasteiger partial charge in [0.15, 0.2) is 5.78 Å². The number of benzene rings is 1. The van der Waals surface area contributed by atoms with Gasteiger partial charge >= 0.3 is 0 Å². The highest BCUT2D eigenvalue weighted by Crippen LogP contribution is 2.45. The summed E-state index contributed by atoms with van der Waals surface area (Å²) >= 11 is 0. The highest BCUT2D eigenvalue weighted by molar-refractivity contribution is 6.34. The minimum atomic E-state index is -0.157. The van der Waals surface area contributed by atoms with Crippen LogP contribution in [0.5, 0.6) is 0 Å². The number of piperidine rings is 1. The van der Waals surface area contributed by atoms with E-state index in [1.165, 1.54) is 13.3 Å². The third-order valence-electron chi connectivity index (χ3n) is 4.82. The Morgan fingerprint density at radius 2 is 2.00 bits per heavy atom. The van der Waals surface area contributed by atoms with Crippen LogP contribution >= 0.6 is 0 Å². The Morgan fingerprint density at radius 1 is 1.32 bits per heavy atom. The Kier molecular flexibility index (Phi) is 2.74. The van der Waals surface area contributed by atoms with Crippen molar-refractivity contribution < 1.29 is 4.79 Å². The molecule has 1 aliphatic carbocycles. The van der Waals surface area contributed by atoms with E-state index in [4.69, 9.17) is 7.85 Å². The largest absolute Gasteiger partial charge is 0.342 e. The fraction of sp³-hybridized carbons (Fsp3) is 0.438. The maximum atomic E-state index is 12.7. The molecule has 2 fully saturated rings. The average Bonchev–Trinajstić information content (AvgIpc) is 3.08. The molecule has 2 aliphatic rings. The van der Waals surface area contributed by atoms with Crippen molar-refractivity contribution in [3.63, 3.8) is 0 Å². The number of hydrogen-bond acceptors (Lipinski definition) is 4. The molecule has 2 heterocycles. The van der Waals surface area contributed by atoms with E-state index in [0.29, 0.717) is 27.9 Å². The van der Waals surface area contributed by atoms with E-state index in [1.54, 1.807) is 23.7 Å². The lowest BCUT2D eigenvalue weighted by Crippen LogP contribution is -2.32. The van der Waals surface area contributed by atoms with Gasteiger partial charge in [0.1, 0.15) is 7.85 Å². The maximum Gasteiger partial charge on any atom is 0.262 e. The predicted molar refractivity (Wildman–Crippen MR) is 86.2 cm³/mol. The van der Waals surface area contributed by atoms with E-state index in [1.807, 2.05) is 0 Å². The lowest BCUT2D eigenvalue weighted by molar-refractivity contribution is 0.101. The lowest BCUT2D eigenvalue weighted by Gasteiger charge is -2.22. The van der Waals surface area contributed by atoms with Crippen LogP contribution in [0.25, 0.3) is 10.9 Å². The molecule has 0 amide bonds. The summed E-state index contributed by atoms with van der Waals surface area (Å²) in [7, 11) is 7.55. The first-order valence-electron chi connectivity index (χ1n) is 7.52. The van der Waals surface area contributed by atoms with Crippen LogP contribution in [0.1, 0.15) is 23.7 Å². The highest BCUT2D eigenvalue weighted by atomic mass is 16.1. The van der Waals surface area contributed by atoms with Crippen LogP contribution in [0.4, 0.5) is 5.95 Å². The quantitative estimate of drug-likeness (QED) is 0.593. The number of carbonyl (C=O) groups excluding carboxylic acids is 1. The molecule has 2 atom stereocenters. The van der Waals surface area contributed by atoms with E-state index in [2.05, 4.69) is 9.88 Å². The smallest absolute Gasteiger partial charge is 0.262 e. The van der Waals surface area contributed by atoms with Crippen molar-refractivity contribution in [2.24, 2.45) is 18.9 Å². The number of hydrogen-bond donors (Lipinski definition) is 0. The predicted octanol–water partition coefficient (Wildman–Crippen LogP) is 0.386. The Balaban J connectivity index is 1.97. The van der Waals surface area contributed by atoms with E-state index in [-0.39, 0.29) is 11.3 Å². The normalized spacial score (nSPS) is 22.9. The Morgan fingerprint density at radius 3 is 2.64 bits per heavy atom. The number of fused-ring (bicyclic) bond motifs is 2. The SMILES string of the molecule is [B]c1cc(C(C)=O)c2nc(N3CC4CC4C3)n(C)c(=O)c2c1. The van der Waals surface area contributed by atoms with Crippen LogP contribution in [0.3, 0.4) is 0 Å². The van der Waals surface area contributed by atoms with Crippen molar-refractivity contribution in [3.8, 4) is 0 Å². The van der Waals surface area contributed by atoms with Crippen molar-refractivity contribution in [2.75, 3.05) is 18.0 Å². The van der Waals surface area contributed by atoms with E-state index >= 15 is 0 Å². The summed E-state index contributed by atoms with van der Waals surface area (Å²) in [5.74, 6) is 2.00. The summed E-state index contributed by atoms with van der Waals surface area (Å²) in [6.07, 6.45) is 1.28. The molecular weight excluding hydrogens is 277 g/mol. The minimum Gasteiger partial charge on any atom is -0.342 e. The number of carbonyl (C=O) groups is 1. The number of Topliss-reactive ketones (excluding diaryl/α,β-unsaturated/α-hetero) is 1. The van der Waals surface area contributed by atoms with E-state index in [9.17, 15) is 9.59 Å². The van der Waals surface area contributed by atoms with E-state index in [0.717, 1.165) is 24.9 Å². The highest BCUT2D eigenvalue weighted by Gasteiger charge is 2.46. The number of ketones is 1. The third kappa shape index (κ3) is 1.90. The molecule has 2 unspecified atom stereocenters. The standard InChI is InChI=1S/C16H16BN3O2/c1-8(21)12-4-11(17)5-13-14(12)18-16(19(2)15(13)22)20-6-9-3-10(9)7-20/h4-5,9-10H,3,6-7H2,1-2H3. The number of aromatic nitrogens is 2. The second-order valence-electron chi connectivity index (χ2n) is 6.46. The molecule has 4 rings (SSSR count). The van der Waals surface area contributed by atoms with Crippen LogP contribution in [0.2, 0.25) is 0 Å². The molecule has 22 heavy (non-hydrogen) atoms. The van der Waals surface area contributed by atoms with Crippen molar-refractivity contribution in [1.82, 2.24) is 9.55 Å². The fourth-order valence-electron chi connectivity index (χ4n) is 3.50. The van der Waals surface area contributed by atoms with Gasteiger partial charge in [-0.05, 0) is 25.2 Å². The molecule has 0 spiro atoms. The van der Waals surface area contributed by atoms with Gasteiger partial charge in [-0.25, -0.2) is 4.98 Å². The van der Waals surface area contributed by atoms with Gasteiger partial charge in [-0.1, -0.05) is 17.6 Å². The zero-order valence-corrected chi connectivity index (χ0v) is 12.7. The summed E-state index contributed by atoms with van der Waals surface area (Å²) < 4.78 is 1.57. The molecule has 1 aliphatic heterocycles. The first kappa shape index (κ1) is 13.6. The summed E-state index contributed by atoms with van der Waals surface area (Å²) in [5, 5.41) is 0.404. The van der Waals surface area contributed by atoms with Crippen LogP contribution in [-0.4, -0.2) is 36.3 Å². The zero-order chi connectivity index (χ0) is 15.6. The summed E-state index contributed by atoms with van der Waals surface area (Å²) in [4.78, 5) is 31.3. The Bertz CT molecular complexity index is 864. The molecule has 5 nitrogen and oxygen atoms in total. The molecule has 1 aromatic heterocycles. The third-order valence-corrected chi connectivity index (χ3v) is 4.82. The number of nitrogens with zero attached hydrogens (tertiary/aromatic N) is 3. The minimum absolute atomic E-state index is 0.131. The van der Waals surface area contributed by atoms with Crippen LogP contribution in [0.15, 0.2) is 16.9 Å². The van der Waals surface area contributed by atoms with Gasteiger partial charge in [0, 0.05) is 25.7 Å². The van der Waals surface area contributed by atoms with Crippen LogP contribution in [0, 0.1) is 11.8 Å². The summed E-state index contributed by atoms with van der Waals surface area (Å²) in [6.45, 7) is 3.36. The van der Waals surface area contributed by atoms with Gasteiger partial charge in [0.05, 0.1) is 10.9 Å². The molecule has 1 aromatic carbocycles. The second-order valence-corrected chi connectivity index (χ2v) is 6.46. The average molecular weight is 293 g/mol. The lowest BCUT2D eigenvalue weighted by atomic mass is 9.91. The number of rotatable bonds is 2. The van der Waals surface area contributed by atoms with Crippen molar-refractivity contribution in [3.05, 3.63) is 28.0 Å². The second kappa shape index (κ2) is 4.45. The molecule has 1 saturated carbocycles. The van der Waals surface area contributed by atoms with E-state index < -0.39 is 0 Å². The van der Waals surface area contributed by atoms with Gasteiger partial charge in [-0.2, -0.15) is 0 Å². The monoisotopic (exact) mass is 293 g/mol. The van der Waals surface area contributed by atoms with Gasteiger partial charge < -0.3 is 4.90 Å². The van der Waals surface area contributed by atoms with Gasteiger partial charge in [-0.15, -0.1) is 0 Å². The van der Waals surface area contributed by atoms with Gasteiger partial charge in [-0.3, -0.25) is 14.2 Å². The Labute approximate surface area is 129 Å². The first-order chi connectivity index (χ1) is 10.5. The molecular formula is C16H16BN3O2. The van der Waals surface area contributed by atoms with Crippen LogP contribution < -0.4 is 15.9 Å². The fourth-order valence-corrected chi connectivity index (χ4v) is 3.50.